The summed E-state index contributed by atoms with van der Waals surface area (Å²) >= 11 is 0. The second-order valence-corrected chi connectivity index (χ2v) is 7.38. The van der Waals surface area contributed by atoms with E-state index in [2.05, 4.69) is 5.32 Å². The average Bonchev–Trinajstić information content (AvgIpc) is 3.11. The number of aliphatic carboxylic acids is 1. The molecule has 0 heterocycles. The minimum atomic E-state index is -0.892. The molecule has 4 unspecified atom stereocenters. The first-order valence-corrected chi connectivity index (χ1v) is 8.45. The Hall–Kier alpha value is -1.59. The number of ether oxygens (including phenoxy) is 1. The van der Waals surface area contributed by atoms with Crippen LogP contribution in [0.2, 0.25) is 0 Å². The Kier molecular flexibility index (Phi) is 5.32. The lowest BCUT2D eigenvalue weighted by molar-refractivity contribution is -0.160. The molecule has 23 heavy (non-hydrogen) atoms. The van der Waals surface area contributed by atoms with Crippen molar-refractivity contribution in [2.24, 2.45) is 29.1 Å². The number of carboxylic acid groups (broad SMARTS) is 1. The molecule has 130 valence electrons. The molecule has 2 fully saturated rings. The number of carbonyl (C=O) groups is 3. The third kappa shape index (κ3) is 3.67. The lowest BCUT2D eigenvalue weighted by Crippen LogP contribution is -2.39. The Morgan fingerprint density at radius 2 is 1.78 bits per heavy atom. The Balaban J connectivity index is 1.79. The molecular weight excluding hydrogens is 298 g/mol. The van der Waals surface area contributed by atoms with E-state index >= 15 is 0 Å². The number of nitrogens with one attached hydrogen (secondary N) is 1. The van der Waals surface area contributed by atoms with E-state index in [-0.39, 0.29) is 30.9 Å². The predicted molar refractivity (Wildman–Crippen MR) is 83.5 cm³/mol. The van der Waals surface area contributed by atoms with Gasteiger partial charge in [0.05, 0.1) is 18.4 Å². The van der Waals surface area contributed by atoms with Gasteiger partial charge in [-0.15, -0.1) is 0 Å². The summed E-state index contributed by atoms with van der Waals surface area (Å²) in [6.45, 7) is 6.01. The molecule has 6 nitrogen and oxygen atoms in total. The van der Waals surface area contributed by atoms with Crippen LogP contribution >= 0.6 is 0 Å². The summed E-state index contributed by atoms with van der Waals surface area (Å²) in [4.78, 5) is 35.6. The van der Waals surface area contributed by atoms with Crippen molar-refractivity contribution in [3.05, 3.63) is 0 Å². The third-order valence-electron chi connectivity index (χ3n) is 5.60. The Bertz CT molecular complexity index is 487. The molecule has 0 aromatic heterocycles. The molecule has 1 amide bonds. The number of amides is 1. The van der Waals surface area contributed by atoms with E-state index in [1.54, 1.807) is 0 Å². The molecule has 2 rings (SSSR count). The molecule has 2 aliphatic rings. The molecule has 0 aromatic rings. The van der Waals surface area contributed by atoms with E-state index in [1.165, 1.54) is 0 Å². The predicted octanol–water partition coefficient (Wildman–Crippen LogP) is 1.83. The smallest absolute Gasteiger partial charge is 0.310 e. The van der Waals surface area contributed by atoms with Crippen LogP contribution in [-0.2, 0) is 19.1 Å². The second-order valence-electron chi connectivity index (χ2n) is 7.38. The molecule has 2 saturated carbocycles. The number of hydrogen-bond donors (Lipinski definition) is 2. The molecule has 0 radical (unpaired) electrons. The lowest BCUT2D eigenvalue weighted by Gasteiger charge is -2.26. The van der Waals surface area contributed by atoms with Crippen LogP contribution in [0.4, 0.5) is 0 Å². The van der Waals surface area contributed by atoms with Gasteiger partial charge in [0.1, 0.15) is 6.61 Å². The van der Waals surface area contributed by atoms with Crippen LogP contribution in [0.5, 0.6) is 0 Å². The molecule has 0 spiro atoms. The molecule has 0 aromatic carbocycles. The molecular formula is C17H27NO5. The van der Waals surface area contributed by atoms with Gasteiger partial charge < -0.3 is 15.2 Å². The van der Waals surface area contributed by atoms with Crippen molar-refractivity contribution >= 4 is 17.8 Å². The van der Waals surface area contributed by atoms with Gasteiger partial charge in [-0.1, -0.05) is 20.8 Å². The van der Waals surface area contributed by atoms with Gasteiger partial charge in [-0.25, -0.2) is 0 Å². The van der Waals surface area contributed by atoms with E-state index in [4.69, 9.17) is 4.74 Å². The maximum Gasteiger partial charge on any atom is 0.310 e. The SMILES string of the molecule is CCC(C)(C)C(=O)NCCOC(=O)C1C2CCC(C2)C1C(=O)O. The molecule has 0 aliphatic heterocycles. The van der Waals surface area contributed by atoms with Crippen molar-refractivity contribution in [2.45, 2.75) is 46.5 Å². The van der Waals surface area contributed by atoms with E-state index in [1.807, 2.05) is 20.8 Å². The molecule has 6 heteroatoms. The highest BCUT2D eigenvalue weighted by Gasteiger charge is 2.54. The summed E-state index contributed by atoms with van der Waals surface area (Å²) in [5.41, 5.74) is -0.441. The maximum absolute atomic E-state index is 12.2. The van der Waals surface area contributed by atoms with Crippen LogP contribution in [-0.4, -0.2) is 36.1 Å². The number of carboxylic acids is 1. The van der Waals surface area contributed by atoms with Crippen molar-refractivity contribution in [2.75, 3.05) is 13.2 Å². The fourth-order valence-corrected chi connectivity index (χ4v) is 3.80. The van der Waals surface area contributed by atoms with Crippen LogP contribution < -0.4 is 5.32 Å². The highest BCUT2D eigenvalue weighted by molar-refractivity contribution is 5.83. The topological polar surface area (TPSA) is 92.7 Å². The number of fused-ring (bicyclic) bond motifs is 2. The van der Waals surface area contributed by atoms with Crippen LogP contribution in [0.1, 0.15) is 46.5 Å². The minimum Gasteiger partial charge on any atom is -0.481 e. The first-order valence-electron chi connectivity index (χ1n) is 8.45. The van der Waals surface area contributed by atoms with Gasteiger partial charge in [-0.05, 0) is 37.5 Å². The number of rotatable bonds is 7. The lowest BCUT2D eigenvalue weighted by atomic mass is 9.79. The zero-order valence-electron chi connectivity index (χ0n) is 14.1. The summed E-state index contributed by atoms with van der Waals surface area (Å²) in [6.07, 6.45) is 3.35. The van der Waals surface area contributed by atoms with Gasteiger partial charge in [0.15, 0.2) is 0 Å². The zero-order valence-corrected chi connectivity index (χ0v) is 14.1. The first kappa shape index (κ1) is 17.8. The quantitative estimate of drug-likeness (QED) is 0.550. The summed E-state index contributed by atoms with van der Waals surface area (Å²) in [5, 5.41) is 12.1. The summed E-state index contributed by atoms with van der Waals surface area (Å²) in [6, 6.07) is 0. The van der Waals surface area contributed by atoms with Crippen molar-refractivity contribution in [1.29, 1.82) is 0 Å². The molecule has 2 aliphatic carbocycles. The van der Waals surface area contributed by atoms with Gasteiger partial charge >= 0.3 is 11.9 Å². The van der Waals surface area contributed by atoms with E-state index in [9.17, 15) is 19.5 Å². The minimum absolute atomic E-state index is 0.0700. The molecule has 2 N–H and O–H groups in total. The third-order valence-corrected chi connectivity index (χ3v) is 5.60. The molecule has 4 atom stereocenters. The van der Waals surface area contributed by atoms with Crippen molar-refractivity contribution in [3.63, 3.8) is 0 Å². The number of esters is 1. The van der Waals surface area contributed by atoms with Crippen LogP contribution in [0, 0.1) is 29.1 Å². The van der Waals surface area contributed by atoms with Gasteiger partial charge in [-0.3, -0.25) is 14.4 Å². The highest BCUT2D eigenvalue weighted by atomic mass is 16.5. The van der Waals surface area contributed by atoms with Crippen molar-refractivity contribution in [1.82, 2.24) is 5.32 Å². The molecule has 2 bridgehead atoms. The van der Waals surface area contributed by atoms with Crippen LogP contribution in [0.25, 0.3) is 0 Å². The largest absolute Gasteiger partial charge is 0.481 e. The highest BCUT2D eigenvalue weighted by Crippen LogP contribution is 2.52. The Morgan fingerprint density at radius 3 is 2.35 bits per heavy atom. The fourth-order valence-electron chi connectivity index (χ4n) is 3.80. The van der Waals surface area contributed by atoms with Crippen LogP contribution in [0.15, 0.2) is 0 Å². The monoisotopic (exact) mass is 325 g/mol. The number of hydrogen-bond acceptors (Lipinski definition) is 4. The fraction of sp³-hybridized carbons (Fsp3) is 0.824. The summed E-state index contributed by atoms with van der Waals surface area (Å²) in [5.74, 6) is -2.25. The van der Waals surface area contributed by atoms with E-state index in [0.29, 0.717) is 0 Å². The normalized spacial score (nSPS) is 29.3. The second kappa shape index (κ2) is 6.89. The summed E-state index contributed by atoms with van der Waals surface area (Å²) in [7, 11) is 0. The zero-order chi connectivity index (χ0) is 17.2. The summed E-state index contributed by atoms with van der Waals surface area (Å²) < 4.78 is 5.24. The number of carbonyl (C=O) groups excluding carboxylic acids is 2. The molecule has 0 saturated heterocycles. The van der Waals surface area contributed by atoms with Gasteiger partial charge in [-0.2, -0.15) is 0 Å². The van der Waals surface area contributed by atoms with Gasteiger partial charge in [0, 0.05) is 5.41 Å². The van der Waals surface area contributed by atoms with Gasteiger partial charge in [0.25, 0.3) is 0 Å². The average molecular weight is 325 g/mol. The van der Waals surface area contributed by atoms with Crippen LogP contribution in [0.3, 0.4) is 0 Å². The first-order chi connectivity index (χ1) is 10.8. The standard InChI is InChI=1S/C17H27NO5/c1-4-17(2,3)16(22)18-7-8-23-15(21)13-11-6-5-10(9-11)12(13)14(19)20/h10-13H,4-9H2,1-3H3,(H,18,22)(H,19,20). The van der Waals surface area contributed by atoms with Crippen molar-refractivity contribution in [3.8, 4) is 0 Å². The van der Waals surface area contributed by atoms with E-state index < -0.39 is 29.2 Å². The Labute approximate surface area is 137 Å². The van der Waals surface area contributed by atoms with Gasteiger partial charge in [0.2, 0.25) is 5.91 Å². The van der Waals surface area contributed by atoms with E-state index in [0.717, 1.165) is 25.7 Å². The Morgan fingerprint density at radius 1 is 1.17 bits per heavy atom. The maximum atomic E-state index is 12.2. The van der Waals surface area contributed by atoms with Crippen molar-refractivity contribution < 1.29 is 24.2 Å².